The molecule has 7 heteroatoms. The van der Waals surface area contributed by atoms with Crippen LogP contribution in [0.3, 0.4) is 0 Å². The Bertz CT molecular complexity index is 961. The topological polar surface area (TPSA) is 78.6 Å². The Balaban J connectivity index is 1.37. The van der Waals surface area contributed by atoms with Crippen LogP contribution < -0.4 is 5.32 Å². The summed E-state index contributed by atoms with van der Waals surface area (Å²) < 4.78 is 1.77. The molecule has 148 valence electrons. The fourth-order valence-electron chi connectivity index (χ4n) is 3.65. The molecule has 0 saturated heterocycles. The Morgan fingerprint density at radius 2 is 1.89 bits per heavy atom. The highest BCUT2D eigenvalue weighted by Crippen LogP contribution is 2.21. The summed E-state index contributed by atoms with van der Waals surface area (Å²) in [6.07, 6.45) is 0.573. The van der Waals surface area contributed by atoms with Crippen LogP contribution in [0, 0.1) is 0 Å². The van der Waals surface area contributed by atoms with Crippen molar-refractivity contribution in [2.75, 3.05) is 25.0 Å². The predicted molar refractivity (Wildman–Crippen MR) is 109 cm³/mol. The van der Waals surface area contributed by atoms with Crippen LogP contribution in [0.2, 0.25) is 0 Å². The lowest BCUT2D eigenvalue weighted by Gasteiger charge is -2.30. The lowest BCUT2D eigenvalue weighted by atomic mass is 9.96. The zero-order valence-electron chi connectivity index (χ0n) is 16.8. The molecule has 2 aromatic heterocycles. The summed E-state index contributed by atoms with van der Waals surface area (Å²) >= 11 is 0. The van der Waals surface area contributed by atoms with Crippen molar-refractivity contribution in [3.63, 3.8) is 0 Å². The second-order valence-electron chi connectivity index (χ2n) is 8.55. The number of benzene rings is 1. The molecule has 1 aliphatic heterocycles. The first-order valence-electron chi connectivity index (χ1n) is 9.84. The number of hydrogen-bond acceptors (Lipinski definition) is 6. The van der Waals surface area contributed by atoms with Crippen molar-refractivity contribution in [2.45, 2.75) is 45.3 Å². The molecular weight excluding hydrogens is 352 g/mol. The van der Waals surface area contributed by atoms with Crippen LogP contribution in [0.1, 0.15) is 37.7 Å². The van der Waals surface area contributed by atoms with E-state index in [0.29, 0.717) is 18.9 Å². The van der Waals surface area contributed by atoms with Crippen molar-refractivity contribution in [3.05, 3.63) is 53.3 Å². The van der Waals surface area contributed by atoms with Gasteiger partial charge in [0.2, 0.25) is 0 Å². The Kier molecular flexibility index (Phi) is 5.03. The van der Waals surface area contributed by atoms with E-state index in [1.165, 1.54) is 11.1 Å². The van der Waals surface area contributed by atoms with Gasteiger partial charge in [0, 0.05) is 31.6 Å². The van der Waals surface area contributed by atoms with Crippen LogP contribution in [0.15, 0.2) is 36.4 Å². The van der Waals surface area contributed by atoms with Gasteiger partial charge >= 0.3 is 0 Å². The SMILES string of the molecule is CC(C)(C)c1nnc2ccc(NCC(O)CN3CCc4ccccc4C3)nn12. The summed E-state index contributed by atoms with van der Waals surface area (Å²) in [6.45, 7) is 9.23. The maximum absolute atomic E-state index is 10.5. The number of nitrogens with one attached hydrogen (secondary N) is 1. The second-order valence-corrected chi connectivity index (χ2v) is 8.55. The molecule has 1 aliphatic rings. The molecule has 4 rings (SSSR count). The maximum atomic E-state index is 10.5. The van der Waals surface area contributed by atoms with Crippen LogP contribution in [0.5, 0.6) is 0 Å². The van der Waals surface area contributed by atoms with E-state index in [1.807, 2.05) is 12.1 Å². The molecule has 0 amide bonds. The fraction of sp³-hybridized carbons (Fsp3) is 0.476. The Labute approximate surface area is 165 Å². The van der Waals surface area contributed by atoms with E-state index < -0.39 is 6.10 Å². The number of anilines is 1. The van der Waals surface area contributed by atoms with Crippen LogP contribution in [-0.4, -0.2) is 55.6 Å². The van der Waals surface area contributed by atoms with E-state index in [1.54, 1.807) is 4.52 Å². The lowest BCUT2D eigenvalue weighted by Crippen LogP contribution is -2.39. The summed E-state index contributed by atoms with van der Waals surface area (Å²) in [5, 5.41) is 26.8. The number of aromatic nitrogens is 4. The molecule has 0 bridgehead atoms. The average molecular weight is 380 g/mol. The zero-order chi connectivity index (χ0) is 19.7. The minimum atomic E-state index is -0.467. The Hall–Kier alpha value is -2.51. The first kappa shape index (κ1) is 18.8. The highest BCUT2D eigenvalue weighted by Gasteiger charge is 2.22. The van der Waals surface area contributed by atoms with E-state index in [9.17, 15) is 5.11 Å². The molecule has 3 aromatic rings. The van der Waals surface area contributed by atoms with Gasteiger partial charge in [0.1, 0.15) is 5.82 Å². The first-order valence-corrected chi connectivity index (χ1v) is 9.84. The van der Waals surface area contributed by atoms with E-state index in [4.69, 9.17) is 0 Å². The van der Waals surface area contributed by atoms with E-state index in [-0.39, 0.29) is 5.41 Å². The molecule has 0 saturated carbocycles. The lowest BCUT2D eigenvalue weighted by molar-refractivity contribution is 0.114. The fourth-order valence-corrected chi connectivity index (χ4v) is 3.65. The van der Waals surface area contributed by atoms with Crippen LogP contribution in [0.25, 0.3) is 5.65 Å². The van der Waals surface area contributed by atoms with Gasteiger partial charge in [-0.25, -0.2) is 0 Å². The number of rotatable bonds is 5. The Morgan fingerprint density at radius 1 is 1.11 bits per heavy atom. The normalized spacial score (nSPS) is 16.1. The third-order valence-electron chi connectivity index (χ3n) is 5.13. The Morgan fingerprint density at radius 3 is 2.68 bits per heavy atom. The molecule has 0 aliphatic carbocycles. The molecule has 3 heterocycles. The van der Waals surface area contributed by atoms with Gasteiger partial charge in [-0.2, -0.15) is 4.52 Å². The summed E-state index contributed by atoms with van der Waals surface area (Å²) in [4.78, 5) is 2.31. The highest BCUT2D eigenvalue weighted by atomic mass is 16.3. The summed E-state index contributed by atoms with van der Waals surface area (Å²) in [5.74, 6) is 1.53. The van der Waals surface area contributed by atoms with E-state index >= 15 is 0 Å². The van der Waals surface area contributed by atoms with Gasteiger partial charge < -0.3 is 10.4 Å². The zero-order valence-corrected chi connectivity index (χ0v) is 16.8. The molecular formula is C21H28N6O. The highest BCUT2D eigenvalue weighted by molar-refractivity contribution is 5.44. The van der Waals surface area contributed by atoms with Crippen LogP contribution in [0.4, 0.5) is 5.82 Å². The van der Waals surface area contributed by atoms with Gasteiger partial charge in [0.05, 0.1) is 6.10 Å². The van der Waals surface area contributed by atoms with Gasteiger partial charge in [-0.15, -0.1) is 15.3 Å². The summed E-state index contributed by atoms with van der Waals surface area (Å²) in [6, 6.07) is 12.3. The molecule has 0 spiro atoms. The molecule has 1 unspecified atom stereocenters. The number of β-amino-alcohol motifs (C(OH)–C–C–N with tert-alkyl or cyclic N) is 1. The number of aliphatic hydroxyl groups excluding tert-OH is 1. The van der Waals surface area contributed by atoms with Crippen LogP contribution >= 0.6 is 0 Å². The van der Waals surface area contributed by atoms with Gasteiger partial charge in [0.25, 0.3) is 0 Å². The molecule has 0 fully saturated rings. The molecule has 1 aromatic carbocycles. The largest absolute Gasteiger partial charge is 0.390 e. The summed E-state index contributed by atoms with van der Waals surface area (Å²) in [5.41, 5.74) is 3.37. The standard InChI is InChI=1S/C21H28N6O/c1-21(2,3)20-24-23-19-9-8-18(25-27(19)20)22-12-17(28)14-26-11-10-15-6-4-5-7-16(15)13-26/h4-9,17,28H,10-14H2,1-3H3,(H,22,25). The number of nitrogens with zero attached hydrogens (tertiary/aromatic N) is 5. The monoisotopic (exact) mass is 380 g/mol. The number of hydrogen-bond donors (Lipinski definition) is 2. The average Bonchev–Trinajstić information content (AvgIpc) is 3.10. The van der Waals surface area contributed by atoms with E-state index in [0.717, 1.165) is 31.0 Å². The van der Waals surface area contributed by atoms with Gasteiger partial charge in [0.15, 0.2) is 11.5 Å². The third kappa shape index (κ3) is 4.00. The van der Waals surface area contributed by atoms with Crippen molar-refractivity contribution < 1.29 is 5.11 Å². The third-order valence-corrected chi connectivity index (χ3v) is 5.13. The summed E-state index contributed by atoms with van der Waals surface area (Å²) in [7, 11) is 0. The van der Waals surface area contributed by atoms with Crippen molar-refractivity contribution in [3.8, 4) is 0 Å². The predicted octanol–water partition coefficient (Wildman–Crippen LogP) is 2.25. The molecule has 7 nitrogen and oxygen atoms in total. The first-order chi connectivity index (χ1) is 13.4. The van der Waals surface area contributed by atoms with Gasteiger partial charge in [-0.1, -0.05) is 45.0 Å². The smallest absolute Gasteiger partial charge is 0.178 e. The van der Waals surface area contributed by atoms with Gasteiger partial charge in [-0.05, 0) is 29.7 Å². The molecule has 1 atom stereocenters. The van der Waals surface area contributed by atoms with E-state index in [2.05, 4.69) is 70.5 Å². The van der Waals surface area contributed by atoms with Crippen LogP contribution in [-0.2, 0) is 18.4 Å². The molecule has 0 radical (unpaired) electrons. The van der Waals surface area contributed by atoms with Crippen molar-refractivity contribution >= 4 is 11.5 Å². The number of aliphatic hydroxyl groups is 1. The molecule has 28 heavy (non-hydrogen) atoms. The maximum Gasteiger partial charge on any atom is 0.178 e. The second kappa shape index (κ2) is 7.48. The van der Waals surface area contributed by atoms with Gasteiger partial charge in [-0.3, -0.25) is 4.90 Å². The number of fused-ring (bicyclic) bond motifs is 2. The minimum Gasteiger partial charge on any atom is -0.390 e. The van der Waals surface area contributed by atoms with Crippen molar-refractivity contribution in [1.29, 1.82) is 0 Å². The van der Waals surface area contributed by atoms with Crippen molar-refractivity contribution in [1.82, 2.24) is 24.7 Å². The van der Waals surface area contributed by atoms with Crippen molar-refractivity contribution in [2.24, 2.45) is 0 Å². The minimum absolute atomic E-state index is 0.144. The quantitative estimate of drug-likeness (QED) is 0.707. The molecule has 2 N–H and O–H groups in total.